The van der Waals surface area contributed by atoms with Crippen LogP contribution in [0.2, 0.25) is 0 Å². The Morgan fingerprint density at radius 2 is 1.74 bits per heavy atom. The topological polar surface area (TPSA) is 16.1 Å². The normalized spacial score (nSPS) is 18.8. The second-order valence-electron chi connectivity index (χ2n) is 5.80. The van der Waals surface area contributed by atoms with Gasteiger partial charge in [-0.15, -0.1) is 0 Å². The number of hydrogen-bond acceptors (Lipinski definition) is 2. The minimum Gasteiger partial charge on any atom is -0.371 e. The molecule has 4 rings (SSSR count). The third-order valence-electron chi connectivity index (χ3n) is 4.56. The summed E-state index contributed by atoms with van der Waals surface area (Å²) in [6, 6.07) is 8.68. The average molecular weight is 252 g/mol. The van der Waals surface area contributed by atoms with Crippen molar-refractivity contribution in [2.45, 2.75) is 38.5 Å². The van der Waals surface area contributed by atoms with Gasteiger partial charge in [0.25, 0.3) is 0 Å². The summed E-state index contributed by atoms with van der Waals surface area (Å²) in [6.45, 7) is 2.45. The third-order valence-corrected chi connectivity index (χ3v) is 4.56. The van der Waals surface area contributed by atoms with Crippen LogP contribution in [0.1, 0.15) is 36.9 Å². The number of fused-ring (bicyclic) bond motifs is 2. The number of pyridine rings is 1. The Balaban J connectivity index is 1.95. The summed E-state index contributed by atoms with van der Waals surface area (Å²) in [5.74, 6) is 0. The lowest BCUT2D eigenvalue weighted by atomic mass is 10.0. The van der Waals surface area contributed by atoms with E-state index in [0.717, 1.165) is 0 Å². The second-order valence-corrected chi connectivity index (χ2v) is 5.80. The maximum atomic E-state index is 4.88. The molecule has 2 aromatic rings. The molecule has 0 unspecified atom stereocenters. The van der Waals surface area contributed by atoms with E-state index in [-0.39, 0.29) is 0 Å². The number of anilines is 1. The predicted molar refractivity (Wildman–Crippen MR) is 79.8 cm³/mol. The first-order valence-corrected chi connectivity index (χ1v) is 7.59. The van der Waals surface area contributed by atoms with E-state index < -0.39 is 0 Å². The van der Waals surface area contributed by atoms with Crippen LogP contribution in [0.25, 0.3) is 10.9 Å². The standard InChI is InChI=1S/C17H20N2/c1-4-11-19(12-5-1)17-13-7-2-3-9-15(13)18-16-10-6-8-14(16)17/h2-3,7,9H,1,4-6,8,10-12H2. The molecule has 0 spiro atoms. The van der Waals surface area contributed by atoms with Crippen molar-refractivity contribution in [2.75, 3.05) is 18.0 Å². The Bertz CT molecular complexity index is 612. The Morgan fingerprint density at radius 3 is 2.63 bits per heavy atom. The summed E-state index contributed by atoms with van der Waals surface area (Å²) >= 11 is 0. The van der Waals surface area contributed by atoms with Crippen molar-refractivity contribution in [2.24, 2.45) is 0 Å². The highest BCUT2D eigenvalue weighted by molar-refractivity contribution is 5.94. The molecule has 2 heteroatoms. The van der Waals surface area contributed by atoms with Gasteiger partial charge in [0.05, 0.1) is 11.2 Å². The van der Waals surface area contributed by atoms with Gasteiger partial charge in [0.2, 0.25) is 0 Å². The van der Waals surface area contributed by atoms with Crippen LogP contribution in [0.5, 0.6) is 0 Å². The molecular weight excluding hydrogens is 232 g/mol. The monoisotopic (exact) mass is 252 g/mol. The molecule has 1 aromatic carbocycles. The lowest BCUT2D eigenvalue weighted by molar-refractivity contribution is 0.577. The first-order chi connectivity index (χ1) is 9.43. The number of piperidine rings is 1. The van der Waals surface area contributed by atoms with Gasteiger partial charge < -0.3 is 4.90 Å². The number of rotatable bonds is 1. The Kier molecular flexibility index (Phi) is 2.68. The molecule has 98 valence electrons. The van der Waals surface area contributed by atoms with Crippen molar-refractivity contribution in [1.82, 2.24) is 4.98 Å². The van der Waals surface area contributed by atoms with Crippen molar-refractivity contribution in [1.29, 1.82) is 0 Å². The summed E-state index contributed by atoms with van der Waals surface area (Å²) in [5, 5.41) is 1.37. The lowest BCUT2D eigenvalue weighted by Crippen LogP contribution is -2.30. The van der Waals surface area contributed by atoms with Crippen LogP contribution in [0.3, 0.4) is 0 Å². The average Bonchev–Trinajstić information content (AvgIpc) is 2.93. The predicted octanol–water partition coefficient (Wildman–Crippen LogP) is 3.71. The number of aryl methyl sites for hydroxylation is 1. The summed E-state index contributed by atoms with van der Waals surface area (Å²) in [7, 11) is 0. The van der Waals surface area contributed by atoms with Crippen LogP contribution < -0.4 is 4.90 Å². The van der Waals surface area contributed by atoms with Crippen molar-refractivity contribution in [3.8, 4) is 0 Å². The number of hydrogen-bond donors (Lipinski definition) is 0. The number of para-hydroxylation sites is 1. The van der Waals surface area contributed by atoms with Gasteiger partial charge in [-0.3, -0.25) is 4.98 Å². The van der Waals surface area contributed by atoms with Crippen LogP contribution >= 0.6 is 0 Å². The minimum atomic E-state index is 1.17. The fraction of sp³-hybridized carbons (Fsp3) is 0.471. The fourth-order valence-corrected chi connectivity index (χ4v) is 3.66. The third kappa shape index (κ3) is 1.81. The molecule has 2 aliphatic rings. The van der Waals surface area contributed by atoms with E-state index in [9.17, 15) is 0 Å². The molecule has 0 radical (unpaired) electrons. The minimum absolute atomic E-state index is 1.17. The lowest BCUT2D eigenvalue weighted by Gasteiger charge is -2.31. The van der Waals surface area contributed by atoms with E-state index in [1.165, 1.54) is 73.9 Å². The summed E-state index contributed by atoms with van der Waals surface area (Å²) in [4.78, 5) is 7.51. The van der Waals surface area contributed by atoms with E-state index >= 15 is 0 Å². The molecule has 0 amide bonds. The molecular formula is C17H20N2. The highest BCUT2D eigenvalue weighted by Gasteiger charge is 2.23. The first kappa shape index (κ1) is 11.3. The molecule has 0 bridgehead atoms. The van der Waals surface area contributed by atoms with Gasteiger partial charge in [-0.1, -0.05) is 18.2 Å². The maximum Gasteiger partial charge on any atom is 0.0726 e. The van der Waals surface area contributed by atoms with Crippen LogP contribution in [-0.2, 0) is 12.8 Å². The zero-order valence-electron chi connectivity index (χ0n) is 11.4. The van der Waals surface area contributed by atoms with E-state index in [2.05, 4.69) is 29.2 Å². The quantitative estimate of drug-likeness (QED) is 0.769. The molecule has 1 aromatic heterocycles. The molecule has 2 heterocycles. The van der Waals surface area contributed by atoms with Crippen LogP contribution in [0.4, 0.5) is 5.69 Å². The van der Waals surface area contributed by atoms with Gasteiger partial charge in [0, 0.05) is 24.2 Å². The van der Waals surface area contributed by atoms with Gasteiger partial charge >= 0.3 is 0 Å². The Labute approximate surface area is 114 Å². The molecule has 1 aliphatic heterocycles. The molecule has 1 saturated heterocycles. The fourth-order valence-electron chi connectivity index (χ4n) is 3.66. The molecule has 2 nitrogen and oxygen atoms in total. The van der Waals surface area contributed by atoms with E-state index in [1.807, 2.05) is 0 Å². The number of aromatic nitrogens is 1. The van der Waals surface area contributed by atoms with E-state index in [0.29, 0.717) is 0 Å². The largest absolute Gasteiger partial charge is 0.371 e. The molecule has 0 atom stereocenters. The zero-order valence-corrected chi connectivity index (χ0v) is 11.4. The second kappa shape index (κ2) is 4.52. The van der Waals surface area contributed by atoms with Crippen molar-refractivity contribution < 1.29 is 0 Å². The van der Waals surface area contributed by atoms with Crippen LogP contribution in [-0.4, -0.2) is 18.1 Å². The van der Waals surface area contributed by atoms with Crippen LogP contribution in [0, 0.1) is 0 Å². The van der Waals surface area contributed by atoms with Gasteiger partial charge in [-0.25, -0.2) is 0 Å². The van der Waals surface area contributed by atoms with Gasteiger partial charge in [-0.05, 0) is 50.2 Å². The van der Waals surface area contributed by atoms with Crippen molar-refractivity contribution in [3.63, 3.8) is 0 Å². The van der Waals surface area contributed by atoms with Crippen LogP contribution in [0.15, 0.2) is 24.3 Å². The summed E-state index contributed by atoms with van der Waals surface area (Å²) in [5.41, 5.74) is 5.60. The van der Waals surface area contributed by atoms with E-state index in [4.69, 9.17) is 4.98 Å². The van der Waals surface area contributed by atoms with Gasteiger partial charge in [-0.2, -0.15) is 0 Å². The summed E-state index contributed by atoms with van der Waals surface area (Å²) in [6.07, 6.45) is 7.73. The maximum absolute atomic E-state index is 4.88. The summed E-state index contributed by atoms with van der Waals surface area (Å²) < 4.78 is 0. The molecule has 0 N–H and O–H groups in total. The van der Waals surface area contributed by atoms with E-state index in [1.54, 1.807) is 5.56 Å². The first-order valence-electron chi connectivity index (χ1n) is 7.59. The molecule has 1 fully saturated rings. The SMILES string of the molecule is c1ccc2c(N3CCCCC3)c3c(nc2c1)CCC3. The smallest absolute Gasteiger partial charge is 0.0726 e. The Morgan fingerprint density at radius 1 is 0.895 bits per heavy atom. The van der Waals surface area contributed by atoms with Gasteiger partial charge in [0.1, 0.15) is 0 Å². The molecule has 1 aliphatic carbocycles. The molecule has 0 saturated carbocycles. The Hall–Kier alpha value is -1.57. The number of nitrogens with zero attached hydrogens (tertiary/aromatic N) is 2. The van der Waals surface area contributed by atoms with Crippen molar-refractivity contribution >= 4 is 16.6 Å². The highest BCUT2D eigenvalue weighted by atomic mass is 15.1. The van der Waals surface area contributed by atoms with Gasteiger partial charge in [0.15, 0.2) is 0 Å². The zero-order chi connectivity index (χ0) is 12.7. The highest BCUT2D eigenvalue weighted by Crippen LogP contribution is 2.37. The molecule has 19 heavy (non-hydrogen) atoms. The van der Waals surface area contributed by atoms with Crippen molar-refractivity contribution in [3.05, 3.63) is 35.5 Å². The number of benzene rings is 1.